The van der Waals surface area contributed by atoms with Crippen LogP contribution in [0.25, 0.3) is 0 Å². The first-order chi connectivity index (χ1) is 11.3. The predicted octanol–water partition coefficient (Wildman–Crippen LogP) is 6.22. The quantitative estimate of drug-likeness (QED) is 0.603. The molecule has 0 aromatic heterocycles. The largest absolute Gasteiger partial charge is 0.508 e. The Morgan fingerprint density at radius 2 is 1.44 bits per heavy atom. The number of hydrogen-bond acceptors (Lipinski definition) is 2. The third-order valence-electron chi connectivity index (χ3n) is 4.47. The highest BCUT2D eigenvalue weighted by molar-refractivity contribution is 5.39. The zero-order valence-electron chi connectivity index (χ0n) is 18.1. The smallest absolute Gasteiger partial charge is 0.120 e. The van der Waals surface area contributed by atoms with Crippen LogP contribution in [0.2, 0.25) is 0 Å². The highest BCUT2D eigenvalue weighted by atomic mass is 16.3. The van der Waals surface area contributed by atoms with Crippen molar-refractivity contribution in [1.29, 1.82) is 0 Å². The molecule has 0 spiro atoms. The second kappa shape index (κ2) is 8.58. The number of phenolic OH excluding ortho intramolecular Hbond substituents is 1. The van der Waals surface area contributed by atoms with Crippen LogP contribution in [0.5, 0.6) is 5.75 Å². The van der Waals surface area contributed by atoms with E-state index in [1.165, 1.54) is 5.56 Å². The molecule has 0 saturated heterocycles. The van der Waals surface area contributed by atoms with Crippen molar-refractivity contribution in [3.8, 4) is 5.75 Å². The van der Waals surface area contributed by atoms with Crippen LogP contribution in [0, 0.1) is 17.3 Å². The maximum atomic E-state index is 10.4. The van der Waals surface area contributed by atoms with Crippen molar-refractivity contribution in [2.24, 2.45) is 17.3 Å². The fourth-order valence-corrected chi connectivity index (χ4v) is 4.04. The molecule has 0 heterocycles. The molecule has 1 N–H and O–H groups in total. The van der Waals surface area contributed by atoms with E-state index >= 15 is 0 Å². The molecule has 144 valence electrons. The van der Waals surface area contributed by atoms with Gasteiger partial charge < -0.3 is 5.11 Å². The molecule has 0 saturated carbocycles. The van der Waals surface area contributed by atoms with Crippen molar-refractivity contribution in [1.82, 2.24) is 4.90 Å². The summed E-state index contributed by atoms with van der Waals surface area (Å²) in [6, 6.07) is 6.21. The van der Waals surface area contributed by atoms with Gasteiger partial charge in [-0.3, -0.25) is 4.90 Å². The predicted molar refractivity (Wildman–Crippen MR) is 110 cm³/mol. The molecule has 0 radical (unpaired) electrons. The van der Waals surface area contributed by atoms with Gasteiger partial charge in [0.15, 0.2) is 0 Å². The van der Waals surface area contributed by atoms with Gasteiger partial charge in [-0.25, -0.2) is 0 Å². The zero-order chi connectivity index (χ0) is 19.4. The van der Waals surface area contributed by atoms with Crippen molar-refractivity contribution in [3.63, 3.8) is 0 Å². The van der Waals surface area contributed by atoms with Gasteiger partial charge in [-0.15, -0.1) is 0 Å². The molecule has 1 aromatic carbocycles. The highest BCUT2D eigenvalue weighted by Gasteiger charge is 2.28. The minimum atomic E-state index is 0.0988. The van der Waals surface area contributed by atoms with E-state index in [-0.39, 0.29) is 10.8 Å². The van der Waals surface area contributed by atoms with E-state index in [0.717, 1.165) is 31.6 Å². The van der Waals surface area contributed by atoms with E-state index in [1.807, 2.05) is 6.07 Å². The summed E-state index contributed by atoms with van der Waals surface area (Å²) in [5, 5.41) is 10.4. The summed E-state index contributed by atoms with van der Waals surface area (Å²) in [5.74, 6) is 1.68. The third-order valence-corrected chi connectivity index (χ3v) is 4.47. The molecule has 0 unspecified atom stereocenters. The number of benzene rings is 1. The molecular formula is C23H41NO. The van der Waals surface area contributed by atoms with Crippen LogP contribution in [0.1, 0.15) is 79.9 Å². The maximum Gasteiger partial charge on any atom is 0.120 e. The molecule has 2 heteroatoms. The summed E-state index contributed by atoms with van der Waals surface area (Å²) in [6.45, 7) is 23.5. The Morgan fingerprint density at radius 1 is 0.920 bits per heavy atom. The second-order valence-corrected chi connectivity index (χ2v) is 10.4. The Kier molecular flexibility index (Phi) is 7.55. The third kappa shape index (κ3) is 7.81. The first kappa shape index (κ1) is 22.0. The zero-order valence-corrected chi connectivity index (χ0v) is 18.1. The van der Waals surface area contributed by atoms with Gasteiger partial charge in [-0.05, 0) is 40.7 Å². The first-order valence-electron chi connectivity index (χ1n) is 9.85. The van der Waals surface area contributed by atoms with E-state index in [0.29, 0.717) is 17.6 Å². The van der Waals surface area contributed by atoms with Gasteiger partial charge in [-0.1, -0.05) is 74.4 Å². The van der Waals surface area contributed by atoms with Gasteiger partial charge in [0.2, 0.25) is 0 Å². The Labute approximate surface area is 156 Å². The lowest BCUT2D eigenvalue weighted by atomic mass is 9.72. The number of nitrogens with zero attached hydrogens (tertiary/aromatic N) is 1. The molecule has 0 fully saturated rings. The fourth-order valence-electron chi connectivity index (χ4n) is 4.04. The lowest BCUT2D eigenvalue weighted by Gasteiger charge is -2.34. The minimum absolute atomic E-state index is 0.0988. The number of aromatic hydroxyl groups is 1. The van der Waals surface area contributed by atoms with E-state index in [1.54, 1.807) is 0 Å². The molecule has 2 nitrogen and oxygen atoms in total. The van der Waals surface area contributed by atoms with E-state index in [4.69, 9.17) is 0 Å². The van der Waals surface area contributed by atoms with Crippen molar-refractivity contribution >= 4 is 0 Å². The normalized spacial score (nSPS) is 13.3. The van der Waals surface area contributed by atoms with Crippen molar-refractivity contribution in [2.75, 3.05) is 13.1 Å². The monoisotopic (exact) mass is 347 g/mol. The molecule has 0 amide bonds. The molecule has 0 bridgehead atoms. The lowest BCUT2D eigenvalue weighted by Crippen LogP contribution is -2.31. The van der Waals surface area contributed by atoms with Crippen LogP contribution in [0.3, 0.4) is 0 Å². The number of phenols is 1. The van der Waals surface area contributed by atoms with Gasteiger partial charge in [0.1, 0.15) is 5.75 Å². The van der Waals surface area contributed by atoms with E-state index in [9.17, 15) is 5.11 Å². The van der Waals surface area contributed by atoms with Crippen LogP contribution in [0.15, 0.2) is 18.2 Å². The van der Waals surface area contributed by atoms with Gasteiger partial charge in [0.05, 0.1) is 0 Å². The molecule has 0 atom stereocenters. The highest BCUT2D eigenvalue weighted by Crippen LogP contribution is 2.37. The van der Waals surface area contributed by atoms with Gasteiger partial charge in [0.25, 0.3) is 0 Å². The SMILES string of the molecule is CC(C)CN(Cc1cc(C(C)(C)CC(C)(C)C)ccc1O)CC(C)C. The maximum absolute atomic E-state index is 10.4. The minimum Gasteiger partial charge on any atom is -0.508 e. The summed E-state index contributed by atoms with van der Waals surface area (Å²) in [6.07, 6.45) is 1.12. The summed E-state index contributed by atoms with van der Waals surface area (Å²) >= 11 is 0. The van der Waals surface area contributed by atoms with Crippen LogP contribution in [0.4, 0.5) is 0 Å². The fraction of sp³-hybridized carbons (Fsp3) is 0.739. The van der Waals surface area contributed by atoms with Crippen LogP contribution in [-0.2, 0) is 12.0 Å². The van der Waals surface area contributed by atoms with Crippen LogP contribution < -0.4 is 0 Å². The Balaban J connectivity index is 3.07. The van der Waals surface area contributed by atoms with Crippen molar-refractivity contribution in [2.45, 2.75) is 80.7 Å². The first-order valence-corrected chi connectivity index (χ1v) is 9.85. The Morgan fingerprint density at radius 3 is 1.88 bits per heavy atom. The number of hydrogen-bond donors (Lipinski definition) is 1. The topological polar surface area (TPSA) is 23.5 Å². The van der Waals surface area contributed by atoms with Gasteiger partial charge >= 0.3 is 0 Å². The Bertz CT molecular complexity index is 528. The van der Waals surface area contributed by atoms with Crippen molar-refractivity contribution < 1.29 is 5.11 Å². The standard InChI is InChI=1S/C23H41NO/c1-17(2)13-24(14-18(3)4)15-19-12-20(10-11-21(19)25)23(8,9)16-22(5,6)7/h10-12,17-18,25H,13-16H2,1-9H3. The summed E-state index contributed by atoms with van der Waals surface area (Å²) in [7, 11) is 0. The average molecular weight is 348 g/mol. The number of rotatable bonds is 8. The summed E-state index contributed by atoms with van der Waals surface area (Å²) in [4.78, 5) is 2.48. The molecule has 0 aliphatic heterocycles. The second-order valence-electron chi connectivity index (χ2n) is 10.4. The lowest BCUT2D eigenvalue weighted by molar-refractivity contribution is 0.209. The van der Waals surface area contributed by atoms with Gasteiger partial charge in [0, 0.05) is 25.2 Å². The van der Waals surface area contributed by atoms with Crippen LogP contribution >= 0.6 is 0 Å². The van der Waals surface area contributed by atoms with E-state index in [2.05, 4.69) is 79.3 Å². The van der Waals surface area contributed by atoms with E-state index < -0.39 is 0 Å². The molecule has 25 heavy (non-hydrogen) atoms. The average Bonchev–Trinajstić information content (AvgIpc) is 2.36. The van der Waals surface area contributed by atoms with Crippen LogP contribution in [-0.4, -0.2) is 23.1 Å². The molecule has 0 aliphatic carbocycles. The molecule has 1 aromatic rings. The van der Waals surface area contributed by atoms with Gasteiger partial charge in [-0.2, -0.15) is 0 Å². The van der Waals surface area contributed by atoms with Crippen molar-refractivity contribution in [3.05, 3.63) is 29.3 Å². The summed E-state index contributed by atoms with van der Waals surface area (Å²) in [5.41, 5.74) is 2.76. The molecule has 1 rings (SSSR count). The molecular weight excluding hydrogens is 306 g/mol. The Hall–Kier alpha value is -1.02. The molecule has 0 aliphatic rings. The summed E-state index contributed by atoms with van der Waals surface area (Å²) < 4.78 is 0.